The quantitative estimate of drug-likeness (QED) is 0.589. The summed E-state index contributed by atoms with van der Waals surface area (Å²) in [7, 11) is 0.470. The highest BCUT2D eigenvalue weighted by Crippen LogP contribution is 2.40. The normalized spacial score (nSPS) is 15.5. The largest absolute Gasteiger partial charge is 0.507 e. The third-order valence-corrected chi connectivity index (χ3v) is 6.68. The molecule has 26 heavy (non-hydrogen) atoms. The van der Waals surface area contributed by atoms with Gasteiger partial charge in [0, 0.05) is 10.9 Å². The van der Waals surface area contributed by atoms with Crippen LogP contribution in [0.3, 0.4) is 0 Å². The Kier molecular flexibility index (Phi) is 5.37. The predicted molar refractivity (Wildman–Crippen MR) is 113 cm³/mol. The second-order valence-corrected chi connectivity index (χ2v) is 8.48. The molecule has 0 aromatic heterocycles. The Morgan fingerprint density at radius 3 is 2.19 bits per heavy atom. The molecule has 0 heterocycles. The van der Waals surface area contributed by atoms with E-state index in [0.29, 0.717) is 20.2 Å². The molecule has 0 aliphatic heterocycles. The van der Waals surface area contributed by atoms with E-state index < -0.39 is 0 Å². The van der Waals surface area contributed by atoms with Gasteiger partial charge in [0.1, 0.15) is 5.75 Å². The Morgan fingerprint density at radius 2 is 1.38 bits per heavy atom. The standard InChI is InChI=1S/C24H25OP/c25-24-22(16-9-17-23(24)26-19-12-5-2-6-13-19)21-15-8-7-14-20(21)18-10-3-1-4-11-18/h2,5-9,12-18,25-26H,1,3-4,10-11H2. The highest BCUT2D eigenvalue weighted by molar-refractivity contribution is 7.55. The zero-order chi connectivity index (χ0) is 17.8. The van der Waals surface area contributed by atoms with Crippen LogP contribution in [0.1, 0.15) is 43.6 Å². The second-order valence-electron chi connectivity index (χ2n) is 7.11. The van der Waals surface area contributed by atoms with E-state index in [1.807, 2.05) is 12.1 Å². The fourth-order valence-corrected chi connectivity index (χ4v) is 5.15. The van der Waals surface area contributed by atoms with Crippen LogP contribution in [0.4, 0.5) is 0 Å². The van der Waals surface area contributed by atoms with Gasteiger partial charge in [-0.2, -0.15) is 0 Å². The van der Waals surface area contributed by atoms with Gasteiger partial charge in [0.2, 0.25) is 0 Å². The van der Waals surface area contributed by atoms with Gasteiger partial charge in [-0.1, -0.05) is 101 Å². The molecule has 2 heteroatoms. The summed E-state index contributed by atoms with van der Waals surface area (Å²) in [6.07, 6.45) is 6.53. The van der Waals surface area contributed by atoms with E-state index in [-0.39, 0.29) is 0 Å². The Labute approximate surface area is 157 Å². The maximum atomic E-state index is 11.0. The molecule has 0 amide bonds. The van der Waals surface area contributed by atoms with Crippen molar-refractivity contribution in [3.8, 4) is 16.9 Å². The minimum Gasteiger partial charge on any atom is -0.507 e. The van der Waals surface area contributed by atoms with Crippen LogP contribution in [0.2, 0.25) is 0 Å². The first-order valence-corrected chi connectivity index (χ1v) is 10.6. The third-order valence-electron chi connectivity index (χ3n) is 5.38. The minimum absolute atomic E-state index is 0.443. The maximum Gasteiger partial charge on any atom is 0.131 e. The Balaban J connectivity index is 1.71. The fourth-order valence-electron chi connectivity index (χ4n) is 4.05. The van der Waals surface area contributed by atoms with Crippen molar-refractivity contribution >= 4 is 19.2 Å². The summed E-state index contributed by atoms with van der Waals surface area (Å²) in [4.78, 5) is 0. The molecule has 0 saturated heterocycles. The van der Waals surface area contributed by atoms with Crippen LogP contribution in [0.15, 0.2) is 72.8 Å². The molecule has 1 N–H and O–H groups in total. The summed E-state index contributed by atoms with van der Waals surface area (Å²) in [5, 5.41) is 13.3. The number of aromatic hydroxyl groups is 1. The first kappa shape index (κ1) is 17.3. The smallest absolute Gasteiger partial charge is 0.131 e. The molecule has 132 valence electrons. The van der Waals surface area contributed by atoms with Crippen molar-refractivity contribution in [3.05, 3.63) is 78.4 Å². The Bertz CT molecular complexity index is 866. The zero-order valence-electron chi connectivity index (χ0n) is 15.0. The van der Waals surface area contributed by atoms with Crippen molar-refractivity contribution < 1.29 is 5.11 Å². The highest BCUT2D eigenvalue weighted by atomic mass is 31.1. The molecule has 0 spiro atoms. The van der Waals surface area contributed by atoms with Crippen molar-refractivity contribution in [3.63, 3.8) is 0 Å². The second kappa shape index (κ2) is 8.06. The van der Waals surface area contributed by atoms with Crippen LogP contribution >= 0.6 is 8.58 Å². The van der Waals surface area contributed by atoms with Crippen LogP contribution in [-0.2, 0) is 0 Å². The third kappa shape index (κ3) is 3.69. The van der Waals surface area contributed by atoms with Gasteiger partial charge >= 0.3 is 0 Å². The molecular formula is C24H25OP. The predicted octanol–water partition coefficient (Wildman–Crippen LogP) is 5.74. The maximum absolute atomic E-state index is 11.0. The summed E-state index contributed by atoms with van der Waals surface area (Å²) in [6.45, 7) is 0. The number of hydrogen-bond acceptors (Lipinski definition) is 1. The first-order chi connectivity index (χ1) is 12.8. The number of phenolic OH excluding ortho intramolecular Hbond substituents is 1. The van der Waals surface area contributed by atoms with E-state index in [1.165, 1.54) is 48.5 Å². The lowest BCUT2D eigenvalue weighted by Gasteiger charge is -2.25. The lowest BCUT2D eigenvalue weighted by Crippen LogP contribution is -2.07. The lowest BCUT2D eigenvalue weighted by atomic mass is 9.81. The Morgan fingerprint density at radius 1 is 0.692 bits per heavy atom. The van der Waals surface area contributed by atoms with Crippen molar-refractivity contribution in [1.82, 2.24) is 0 Å². The van der Waals surface area contributed by atoms with Crippen molar-refractivity contribution in [2.45, 2.75) is 38.0 Å². The van der Waals surface area contributed by atoms with E-state index in [9.17, 15) is 5.11 Å². The van der Waals surface area contributed by atoms with Gasteiger partial charge in [-0.25, -0.2) is 0 Å². The molecule has 1 aliphatic rings. The molecule has 3 aromatic rings. The van der Waals surface area contributed by atoms with E-state index in [2.05, 4.69) is 60.7 Å². The lowest BCUT2D eigenvalue weighted by molar-refractivity contribution is 0.444. The molecule has 1 unspecified atom stereocenters. The fraction of sp³-hybridized carbons (Fsp3) is 0.250. The summed E-state index contributed by atoms with van der Waals surface area (Å²) < 4.78 is 0. The van der Waals surface area contributed by atoms with E-state index in [0.717, 1.165) is 10.9 Å². The van der Waals surface area contributed by atoms with Gasteiger partial charge < -0.3 is 5.11 Å². The van der Waals surface area contributed by atoms with Gasteiger partial charge in [-0.15, -0.1) is 0 Å². The van der Waals surface area contributed by atoms with Gasteiger partial charge in [0.15, 0.2) is 0 Å². The van der Waals surface area contributed by atoms with Gasteiger partial charge in [0.25, 0.3) is 0 Å². The summed E-state index contributed by atoms with van der Waals surface area (Å²) in [6, 6.07) is 25.3. The molecule has 4 rings (SSSR count). The number of para-hydroxylation sites is 1. The molecule has 3 aromatic carbocycles. The van der Waals surface area contributed by atoms with Gasteiger partial charge in [-0.05, 0) is 35.2 Å². The Hall–Kier alpha value is -2.11. The van der Waals surface area contributed by atoms with E-state index in [4.69, 9.17) is 0 Å². The molecule has 1 atom stereocenters. The van der Waals surface area contributed by atoms with E-state index in [1.54, 1.807) is 0 Å². The number of benzene rings is 3. The van der Waals surface area contributed by atoms with Gasteiger partial charge in [-0.3, -0.25) is 0 Å². The topological polar surface area (TPSA) is 20.2 Å². The average molecular weight is 360 g/mol. The van der Waals surface area contributed by atoms with Crippen LogP contribution in [0.5, 0.6) is 5.75 Å². The molecule has 1 fully saturated rings. The van der Waals surface area contributed by atoms with Crippen LogP contribution < -0.4 is 10.6 Å². The van der Waals surface area contributed by atoms with Crippen molar-refractivity contribution in [2.24, 2.45) is 0 Å². The highest BCUT2D eigenvalue weighted by Gasteiger charge is 2.20. The van der Waals surface area contributed by atoms with Crippen molar-refractivity contribution in [2.75, 3.05) is 0 Å². The molecule has 0 radical (unpaired) electrons. The van der Waals surface area contributed by atoms with E-state index >= 15 is 0 Å². The van der Waals surface area contributed by atoms with Crippen LogP contribution in [0.25, 0.3) is 11.1 Å². The SMILES string of the molecule is Oc1c(Pc2ccccc2)cccc1-c1ccccc1C1CCCCC1. The van der Waals surface area contributed by atoms with Crippen LogP contribution in [0, 0.1) is 0 Å². The van der Waals surface area contributed by atoms with Gasteiger partial charge in [0.05, 0.1) is 0 Å². The summed E-state index contributed by atoms with van der Waals surface area (Å²) in [5.41, 5.74) is 3.59. The van der Waals surface area contributed by atoms with Crippen molar-refractivity contribution in [1.29, 1.82) is 0 Å². The minimum atomic E-state index is 0.443. The summed E-state index contributed by atoms with van der Waals surface area (Å²) >= 11 is 0. The zero-order valence-corrected chi connectivity index (χ0v) is 16.0. The number of phenols is 1. The molecular weight excluding hydrogens is 335 g/mol. The molecule has 0 bridgehead atoms. The number of rotatable bonds is 4. The summed E-state index contributed by atoms with van der Waals surface area (Å²) in [5.74, 6) is 1.07. The molecule has 1 saturated carbocycles. The number of hydrogen-bond donors (Lipinski definition) is 1. The van der Waals surface area contributed by atoms with Crippen LogP contribution in [-0.4, -0.2) is 5.11 Å². The monoisotopic (exact) mass is 360 g/mol. The average Bonchev–Trinajstić information content (AvgIpc) is 2.71. The molecule has 1 nitrogen and oxygen atoms in total. The molecule has 1 aliphatic carbocycles. The first-order valence-electron chi connectivity index (χ1n) is 9.56.